The van der Waals surface area contributed by atoms with Crippen molar-refractivity contribution in [2.75, 3.05) is 30.8 Å². The molecule has 0 radical (unpaired) electrons. The summed E-state index contributed by atoms with van der Waals surface area (Å²) in [6, 6.07) is 6.24. The average molecular weight is 621 g/mol. The lowest BCUT2D eigenvalue weighted by Crippen LogP contribution is -3.00. The molecule has 3 rings (SSSR count). The molecule has 2 aromatic rings. The molecule has 3 amide bonds. The fourth-order valence-corrected chi connectivity index (χ4v) is 5.35. The zero-order valence-electron chi connectivity index (χ0n) is 19.7. The van der Waals surface area contributed by atoms with Crippen LogP contribution in [0.1, 0.15) is 48.0 Å². The number of primary amides is 1. The highest BCUT2D eigenvalue weighted by molar-refractivity contribution is 7.17. The van der Waals surface area contributed by atoms with Crippen LogP contribution in [0.5, 0.6) is 0 Å². The minimum absolute atomic E-state index is 0. The van der Waals surface area contributed by atoms with Gasteiger partial charge in [0.2, 0.25) is 0 Å². The third-order valence-corrected chi connectivity index (χ3v) is 6.75. The first-order valence-electron chi connectivity index (χ1n) is 10.7. The summed E-state index contributed by atoms with van der Waals surface area (Å²) in [6.45, 7) is 7.57. The molecule has 4 N–H and O–H groups in total. The Hall–Kier alpha value is -1.89. The number of nitrogens with one attached hydrogen (secondary N) is 2. The number of likely N-dealkylation sites (N-methyl/N-ethyl adjacent to an activating group) is 1. The van der Waals surface area contributed by atoms with Gasteiger partial charge in [-0.25, -0.2) is 4.79 Å². The molecule has 2 heterocycles. The van der Waals surface area contributed by atoms with E-state index in [4.69, 9.17) is 22.1 Å². The number of amides is 3. The first-order valence-corrected chi connectivity index (χ1v) is 11.9. The number of carbonyl (C=O) groups is 3. The smallest absolute Gasteiger partial charge is 0.324 e. The largest absolute Gasteiger partial charge is 1.00 e. The Bertz CT molecular complexity index is 1070. The predicted octanol–water partition coefficient (Wildman–Crippen LogP) is 1.38. The van der Waals surface area contributed by atoms with E-state index in [0.717, 1.165) is 17.0 Å². The maximum atomic E-state index is 12.5. The van der Waals surface area contributed by atoms with E-state index in [1.165, 1.54) is 11.3 Å². The van der Waals surface area contributed by atoms with Crippen molar-refractivity contribution >= 4 is 51.5 Å². The summed E-state index contributed by atoms with van der Waals surface area (Å²) in [5, 5.41) is 6.49. The number of ether oxygens (including phenoxy) is 1. The molecule has 1 aliphatic heterocycles. The second-order valence-corrected chi connectivity index (χ2v) is 11.0. The molecule has 186 valence electrons. The summed E-state index contributed by atoms with van der Waals surface area (Å²) in [7, 11) is 2.08. The fraction of sp³-hybridized carbons (Fsp3) is 0.435. The van der Waals surface area contributed by atoms with E-state index in [0.29, 0.717) is 51.7 Å². The van der Waals surface area contributed by atoms with Gasteiger partial charge in [-0.05, 0) is 50.6 Å². The Morgan fingerprint density at radius 3 is 2.41 bits per heavy atom. The van der Waals surface area contributed by atoms with Crippen molar-refractivity contribution in [1.82, 2.24) is 0 Å². The minimum Gasteiger partial charge on any atom is -1.00 e. The SMILES string of the molecule is CC(C)(C)OC(=O)CC[N+]1(C)CCc2c(sc(NC(=O)Nc3ccc(Cl)cc3)c2C(N)=O)C1.[I-]. The van der Waals surface area contributed by atoms with E-state index in [-0.39, 0.29) is 29.9 Å². The molecule has 0 spiro atoms. The maximum Gasteiger partial charge on any atom is 0.324 e. The summed E-state index contributed by atoms with van der Waals surface area (Å²) in [5.74, 6) is -0.794. The van der Waals surface area contributed by atoms with Gasteiger partial charge in [0.15, 0.2) is 0 Å². The highest BCUT2D eigenvalue weighted by Crippen LogP contribution is 2.38. The summed E-state index contributed by atoms with van der Waals surface area (Å²) in [4.78, 5) is 37.9. The van der Waals surface area contributed by atoms with Gasteiger partial charge in [0.1, 0.15) is 17.1 Å². The molecule has 1 aromatic carbocycles. The highest BCUT2D eigenvalue weighted by atomic mass is 127. The first-order chi connectivity index (χ1) is 15.3. The van der Waals surface area contributed by atoms with Crippen LogP contribution in [0, 0.1) is 0 Å². The van der Waals surface area contributed by atoms with Gasteiger partial charge in [0.25, 0.3) is 5.91 Å². The normalized spacial score (nSPS) is 17.2. The quantitative estimate of drug-likeness (QED) is 0.258. The Kier molecular flexibility index (Phi) is 9.37. The molecule has 34 heavy (non-hydrogen) atoms. The lowest BCUT2D eigenvalue weighted by atomic mass is 10.0. The number of nitrogens with zero attached hydrogens (tertiary/aromatic N) is 1. The van der Waals surface area contributed by atoms with Crippen molar-refractivity contribution in [3.63, 3.8) is 0 Å². The number of benzene rings is 1. The molecule has 0 saturated carbocycles. The van der Waals surface area contributed by atoms with Gasteiger partial charge in [-0.15, -0.1) is 11.3 Å². The molecule has 1 unspecified atom stereocenters. The number of fused-ring (bicyclic) bond motifs is 1. The number of thiophene rings is 1. The lowest BCUT2D eigenvalue weighted by Gasteiger charge is -2.37. The maximum absolute atomic E-state index is 12.5. The molecule has 1 atom stereocenters. The Balaban J connectivity index is 0.00000408. The van der Waals surface area contributed by atoms with Crippen LogP contribution in [-0.4, -0.2) is 48.1 Å². The summed E-state index contributed by atoms with van der Waals surface area (Å²) in [5.41, 5.74) is 6.97. The van der Waals surface area contributed by atoms with Crippen molar-refractivity contribution in [2.24, 2.45) is 5.73 Å². The number of hydrogen-bond donors (Lipinski definition) is 3. The molecular weight excluding hydrogens is 591 g/mol. The third kappa shape index (κ3) is 7.56. The van der Waals surface area contributed by atoms with Crippen LogP contribution in [0.4, 0.5) is 15.5 Å². The Morgan fingerprint density at radius 1 is 1.18 bits per heavy atom. The van der Waals surface area contributed by atoms with Crippen LogP contribution in [0.15, 0.2) is 24.3 Å². The number of carbonyl (C=O) groups excluding carboxylic acids is 3. The zero-order valence-corrected chi connectivity index (χ0v) is 23.4. The lowest BCUT2D eigenvalue weighted by molar-refractivity contribution is -0.923. The number of rotatable bonds is 6. The number of hydrogen-bond acceptors (Lipinski definition) is 5. The van der Waals surface area contributed by atoms with Crippen LogP contribution in [0.2, 0.25) is 5.02 Å². The monoisotopic (exact) mass is 620 g/mol. The molecule has 1 aromatic heterocycles. The number of halogens is 2. The van der Waals surface area contributed by atoms with Gasteiger partial charge >= 0.3 is 12.0 Å². The second kappa shape index (κ2) is 11.2. The van der Waals surface area contributed by atoms with Gasteiger partial charge in [0.05, 0.1) is 37.0 Å². The van der Waals surface area contributed by atoms with Gasteiger partial charge in [-0.1, -0.05) is 11.6 Å². The number of esters is 1. The van der Waals surface area contributed by atoms with Gasteiger partial charge in [-0.2, -0.15) is 0 Å². The standard InChI is InChI=1S/C23H29ClN4O4S.HI/c1-23(2,3)32-18(29)10-12-28(4)11-9-16-17(13-28)33-21(19(16)20(25)30)27-22(31)26-15-7-5-14(24)6-8-15;/h5-8H,9-13H2,1-4H3,(H3-,25,26,27,30,31);1H. The minimum atomic E-state index is -0.570. The van der Waals surface area contributed by atoms with Crippen molar-refractivity contribution in [1.29, 1.82) is 0 Å². The molecular formula is C23H30ClIN4O4S. The zero-order chi connectivity index (χ0) is 24.4. The van der Waals surface area contributed by atoms with Crippen molar-refractivity contribution in [3.8, 4) is 0 Å². The van der Waals surface area contributed by atoms with E-state index < -0.39 is 17.5 Å². The molecule has 0 aliphatic carbocycles. The second-order valence-electron chi connectivity index (χ2n) is 9.47. The molecule has 8 nitrogen and oxygen atoms in total. The molecule has 0 fully saturated rings. The van der Waals surface area contributed by atoms with Crippen LogP contribution < -0.4 is 40.3 Å². The fourth-order valence-electron chi connectivity index (χ4n) is 3.80. The topological polar surface area (TPSA) is 111 Å². The van der Waals surface area contributed by atoms with Crippen molar-refractivity contribution in [3.05, 3.63) is 45.3 Å². The molecule has 11 heteroatoms. The number of quaternary nitrogens is 1. The number of anilines is 2. The number of nitrogens with two attached hydrogens (primary N) is 1. The summed E-state index contributed by atoms with van der Waals surface area (Å²) < 4.78 is 6.07. The van der Waals surface area contributed by atoms with E-state index in [1.54, 1.807) is 24.3 Å². The van der Waals surface area contributed by atoms with Crippen LogP contribution >= 0.6 is 22.9 Å². The van der Waals surface area contributed by atoms with Gasteiger partial charge in [0, 0.05) is 17.1 Å². The van der Waals surface area contributed by atoms with Crippen LogP contribution in [0.25, 0.3) is 0 Å². The predicted molar refractivity (Wildman–Crippen MR) is 131 cm³/mol. The molecule has 0 bridgehead atoms. The molecule has 1 aliphatic rings. The Morgan fingerprint density at radius 2 is 1.82 bits per heavy atom. The van der Waals surface area contributed by atoms with Gasteiger partial charge < -0.3 is 44.2 Å². The van der Waals surface area contributed by atoms with Crippen molar-refractivity contribution < 1.29 is 47.6 Å². The van der Waals surface area contributed by atoms with E-state index >= 15 is 0 Å². The summed E-state index contributed by atoms with van der Waals surface area (Å²) in [6.07, 6.45) is 0.946. The summed E-state index contributed by atoms with van der Waals surface area (Å²) >= 11 is 7.23. The van der Waals surface area contributed by atoms with E-state index in [2.05, 4.69) is 17.7 Å². The number of urea groups is 1. The van der Waals surface area contributed by atoms with E-state index in [9.17, 15) is 14.4 Å². The third-order valence-electron chi connectivity index (χ3n) is 5.37. The first kappa shape index (κ1) is 28.3. The van der Waals surface area contributed by atoms with Gasteiger partial charge in [-0.3, -0.25) is 14.9 Å². The highest BCUT2D eigenvalue weighted by Gasteiger charge is 2.35. The Labute approximate surface area is 225 Å². The van der Waals surface area contributed by atoms with Crippen LogP contribution in [0.3, 0.4) is 0 Å². The van der Waals surface area contributed by atoms with Crippen molar-refractivity contribution in [2.45, 2.75) is 45.8 Å². The van der Waals surface area contributed by atoms with Crippen LogP contribution in [-0.2, 0) is 22.5 Å². The average Bonchev–Trinajstić information content (AvgIpc) is 3.03. The van der Waals surface area contributed by atoms with E-state index in [1.807, 2.05) is 20.8 Å². The molecule has 0 saturated heterocycles.